The third kappa shape index (κ3) is 5.39. The van der Waals surface area contributed by atoms with E-state index in [1.807, 2.05) is 0 Å². The van der Waals surface area contributed by atoms with Crippen molar-refractivity contribution >= 4 is 43.2 Å². The number of aryl methyl sites for hydroxylation is 1. The molecule has 2 heterocycles. The van der Waals surface area contributed by atoms with E-state index in [0.717, 1.165) is 47.9 Å². The van der Waals surface area contributed by atoms with Gasteiger partial charge in [0.1, 0.15) is 21.3 Å². The summed E-state index contributed by atoms with van der Waals surface area (Å²) in [5.41, 5.74) is 0.764. The number of halogens is 1. The Hall–Kier alpha value is -3.77. The number of rotatable bonds is 7. The van der Waals surface area contributed by atoms with E-state index in [0.29, 0.717) is 21.9 Å². The molecule has 0 unspecified atom stereocenters. The van der Waals surface area contributed by atoms with Crippen LogP contribution in [0, 0.1) is 11.7 Å². The number of hydrogen-bond donors (Lipinski definition) is 2. The van der Waals surface area contributed by atoms with Gasteiger partial charge in [0.2, 0.25) is 0 Å². The Labute approximate surface area is 228 Å². The number of esters is 1. The minimum Gasteiger partial charge on any atom is -0.497 e. The first-order valence-electron chi connectivity index (χ1n) is 12.3. The Morgan fingerprint density at radius 1 is 1.23 bits per heavy atom. The molecule has 4 aromatic rings. The molecule has 9 nitrogen and oxygen atoms in total. The van der Waals surface area contributed by atoms with E-state index in [2.05, 4.69) is 21.6 Å². The van der Waals surface area contributed by atoms with Crippen LogP contribution in [0.3, 0.4) is 0 Å². The van der Waals surface area contributed by atoms with Gasteiger partial charge in [-0.15, -0.1) is 11.3 Å². The van der Waals surface area contributed by atoms with Crippen LogP contribution >= 0.6 is 11.3 Å². The minimum atomic E-state index is -4.37. The third-order valence-corrected chi connectivity index (χ3v) is 9.20. The highest BCUT2D eigenvalue weighted by Gasteiger charge is 2.26. The standard InChI is InChI=1S/C27H26FN3O6S2/c1-14-4-10-19-21(12-14)38-26-23(19)25(32)29-24(30-26)15(2)37-27(33)16-5-11-20(28)22(13-16)39(34,35)31-17-6-8-18(36-3)9-7-17/h5-9,11,13-15,31H,4,10,12H2,1-3H3,(H,29,30,32)/t14-,15-/m0/s1. The Bertz CT molecular complexity index is 1730. The van der Waals surface area contributed by atoms with Gasteiger partial charge in [-0.3, -0.25) is 9.52 Å². The van der Waals surface area contributed by atoms with Crippen LogP contribution in [0.15, 0.2) is 52.2 Å². The molecule has 2 N–H and O–H groups in total. The van der Waals surface area contributed by atoms with Crippen molar-refractivity contribution in [1.82, 2.24) is 9.97 Å². The van der Waals surface area contributed by atoms with Gasteiger partial charge in [0.25, 0.3) is 15.6 Å². The molecule has 0 bridgehead atoms. The molecule has 2 aromatic carbocycles. The second-order valence-electron chi connectivity index (χ2n) is 9.51. The Kier molecular flexibility index (Phi) is 7.17. The number of H-pyrrole nitrogens is 1. The van der Waals surface area contributed by atoms with E-state index >= 15 is 0 Å². The molecule has 0 radical (unpaired) electrons. The highest BCUT2D eigenvalue weighted by atomic mass is 32.2. The van der Waals surface area contributed by atoms with E-state index in [1.54, 1.807) is 19.1 Å². The summed E-state index contributed by atoms with van der Waals surface area (Å²) in [5, 5.41) is 0.585. The molecule has 0 aliphatic heterocycles. The molecular formula is C27H26FN3O6S2. The van der Waals surface area contributed by atoms with Crippen LogP contribution in [-0.4, -0.2) is 31.5 Å². The highest BCUT2D eigenvalue weighted by Crippen LogP contribution is 2.36. The molecule has 12 heteroatoms. The molecule has 39 heavy (non-hydrogen) atoms. The summed E-state index contributed by atoms with van der Waals surface area (Å²) in [4.78, 5) is 34.1. The maximum atomic E-state index is 14.6. The zero-order valence-electron chi connectivity index (χ0n) is 21.4. The van der Waals surface area contributed by atoms with Crippen molar-refractivity contribution in [2.45, 2.75) is 44.1 Å². The number of thiophene rings is 1. The molecule has 0 saturated carbocycles. The smallest absolute Gasteiger partial charge is 0.338 e. The number of methoxy groups -OCH3 is 1. The summed E-state index contributed by atoms with van der Waals surface area (Å²) in [6.45, 7) is 3.73. The lowest BCUT2D eigenvalue weighted by molar-refractivity contribution is 0.0319. The molecule has 204 valence electrons. The largest absolute Gasteiger partial charge is 0.497 e. The van der Waals surface area contributed by atoms with Crippen molar-refractivity contribution in [1.29, 1.82) is 0 Å². The van der Waals surface area contributed by atoms with Crippen molar-refractivity contribution in [3.63, 3.8) is 0 Å². The van der Waals surface area contributed by atoms with Crippen LogP contribution < -0.4 is 15.0 Å². The van der Waals surface area contributed by atoms with Gasteiger partial charge in [-0.25, -0.2) is 22.6 Å². The fourth-order valence-electron chi connectivity index (χ4n) is 4.55. The molecule has 2 atom stereocenters. The number of anilines is 1. The molecule has 1 aliphatic rings. The maximum Gasteiger partial charge on any atom is 0.338 e. The average molecular weight is 572 g/mol. The minimum absolute atomic E-state index is 0.170. The Balaban J connectivity index is 1.37. The van der Waals surface area contributed by atoms with E-state index in [4.69, 9.17) is 9.47 Å². The molecule has 0 amide bonds. The zero-order chi connectivity index (χ0) is 27.9. The number of carbonyl (C=O) groups is 1. The first-order chi connectivity index (χ1) is 18.6. The van der Waals surface area contributed by atoms with Crippen LogP contribution in [0.5, 0.6) is 5.75 Å². The quantitative estimate of drug-likeness (QED) is 0.300. The summed E-state index contributed by atoms with van der Waals surface area (Å²) in [7, 11) is -2.89. The fraction of sp³-hybridized carbons (Fsp3) is 0.296. The molecule has 0 saturated heterocycles. The van der Waals surface area contributed by atoms with Crippen LogP contribution in [0.25, 0.3) is 10.2 Å². The number of ether oxygens (including phenoxy) is 2. The van der Waals surface area contributed by atoms with Crippen molar-refractivity contribution in [2.75, 3.05) is 11.8 Å². The number of fused-ring (bicyclic) bond motifs is 3. The number of aromatic nitrogens is 2. The normalized spacial score (nSPS) is 15.9. The van der Waals surface area contributed by atoms with Crippen LogP contribution in [0.1, 0.15) is 53.0 Å². The van der Waals surface area contributed by atoms with Crippen LogP contribution in [-0.2, 0) is 27.6 Å². The van der Waals surface area contributed by atoms with E-state index in [-0.39, 0.29) is 22.6 Å². The molecule has 5 rings (SSSR count). The van der Waals surface area contributed by atoms with Gasteiger partial charge in [0.15, 0.2) is 11.9 Å². The van der Waals surface area contributed by atoms with Gasteiger partial charge in [-0.05, 0) is 80.1 Å². The average Bonchev–Trinajstić information content (AvgIpc) is 3.26. The lowest BCUT2D eigenvalue weighted by Gasteiger charge is -2.17. The molecule has 0 spiro atoms. The van der Waals surface area contributed by atoms with Gasteiger partial charge < -0.3 is 14.5 Å². The maximum absolute atomic E-state index is 14.6. The third-order valence-electron chi connectivity index (χ3n) is 6.65. The monoisotopic (exact) mass is 571 g/mol. The van der Waals surface area contributed by atoms with Gasteiger partial charge in [0.05, 0.1) is 18.1 Å². The number of sulfonamides is 1. The number of hydrogen-bond acceptors (Lipinski definition) is 8. The van der Waals surface area contributed by atoms with E-state index < -0.39 is 32.8 Å². The van der Waals surface area contributed by atoms with Gasteiger partial charge in [0, 0.05) is 10.6 Å². The van der Waals surface area contributed by atoms with E-state index in [1.165, 1.54) is 30.6 Å². The second-order valence-corrected chi connectivity index (χ2v) is 12.2. The van der Waals surface area contributed by atoms with Crippen molar-refractivity contribution < 1.29 is 27.1 Å². The fourth-order valence-corrected chi connectivity index (χ4v) is 7.10. The van der Waals surface area contributed by atoms with Gasteiger partial charge in [-0.2, -0.15) is 0 Å². The topological polar surface area (TPSA) is 127 Å². The SMILES string of the molecule is COc1ccc(NS(=O)(=O)c2cc(C(=O)O[C@@H](C)c3nc4sc5c(c4c(=O)[nH]3)CC[C@H](C)C5)ccc2F)cc1. The predicted octanol–water partition coefficient (Wildman–Crippen LogP) is 4.98. The molecule has 1 aliphatic carbocycles. The highest BCUT2D eigenvalue weighted by molar-refractivity contribution is 7.92. The summed E-state index contributed by atoms with van der Waals surface area (Å²) in [6, 6.07) is 8.94. The van der Waals surface area contributed by atoms with Crippen LogP contribution in [0.2, 0.25) is 0 Å². The summed E-state index contributed by atoms with van der Waals surface area (Å²) in [6.07, 6.45) is 1.79. The second kappa shape index (κ2) is 10.4. The predicted molar refractivity (Wildman–Crippen MR) is 145 cm³/mol. The van der Waals surface area contributed by atoms with Crippen molar-refractivity contribution in [3.05, 3.63) is 80.5 Å². The Morgan fingerprint density at radius 2 is 1.97 bits per heavy atom. The Morgan fingerprint density at radius 3 is 2.69 bits per heavy atom. The lowest BCUT2D eigenvalue weighted by atomic mass is 9.89. The van der Waals surface area contributed by atoms with E-state index in [9.17, 15) is 22.4 Å². The van der Waals surface area contributed by atoms with Gasteiger partial charge in [-0.1, -0.05) is 6.92 Å². The summed E-state index contributed by atoms with van der Waals surface area (Å²) < 4.78 is 53.1. The number of carbonyl (C=O) groups excluding carboxylic acids is 1. The first-order valence-corrected chi connectivity index (χ1v) is 14.6. The molecule has 2 aromatic heterocycles. The molecule has 0 fully saturated rings. The number of aromatic amines is 1. The number of nitrogens with one attached hydrogen (secondary N) is 2. The zero-order valence-corrected chi connectivity index (χ0v) is 23.0. The van der Waals surface area contributed by atoms with Crippen molar-refractivity contribution in [2.24, 2.45) is 5.92 Å². The number of benzene rings is 2. The van der Waals surface area contributed by atoms with Gasteiger partial charge >= 0.3 is 5.97 Å². The van der Waals surface area contributed by atoms with Crippen LogP contribution in [0.4, 0.5) is 10.1 Å². The number of nitrogens with zero attached hydrogens (tertiary/aromatic N) is 1. The summed E-state index contributed by atoms with van der Waals surface area (Å²) >= 11 is 1.48. The molecular weight excluding hydrogens is 545 g/mol. The first kappa shape index (κ1) is 26.8. The summed E-state index contributed by atoms with van der Waals surface area (Å²) in [5.74, 6) is -0.701. The lowest BCUT2D eigenvalue weighted by Crippen LogP contribution is -2.19. The van der Waals surface area contributed by atoms with Crippen molar-refractivity contribution in [3.8, 4) is 5.75 Å².